The van der Waals surface area contributed by atoms with E-state index in [4.69, 9.17) is 4.74 Å². The van der Waals surface area contributed by atoms with Crippen molar-refractivity contribution < 1.29 is 23.1 Å². The van der Waals surface area contributed by atoms with Gasteiger partial charge >= 0.3 is 0 Å². The zero-order valence-corrected chi connectivity index (χ0v) is 15.9. The van der Waals surface area contributed by atoms with Crippen LogP contribution in [0.2, 0.25) is 0 Å². The summed E-state index contributed by atoms with van der Waals surface area (Å²) in [6.45, 7) is 1.47. The van der Waals surface area contributed by atoms with E-state index in [9.17, 15) is 18.4 Å². The highest BCUT2D eigenvalue weighted by Gasteiger charge is 2.25. The normalized spacial score (nSPS) is 10.6. The Morgan fingerprint density at radius 1 is 1.00 bits per heavy atom. The second-order valence-corrected chi connectivity index (χ2v) is 6.34. The number of para-hydroxylation sites is 1. The molecule has 0 bridgehead atoms. The topological polar surface area (TPSA) is 59.5 Å². The molecule has 0 N–H and O–H groups in total. The van der Waals surface area contributed by atoms with Crippen molar-refractivity contribution in [1.29, 1.82) is 0 Å². The molecule has 0 aliphatic carbocycles. The quantitative estimate of drug-likeness (QED) is 0.586. The van der Waals surface area contributed by atoms with E-state index in [0.717, 1.165) is 22.6 Å². The molecule has 3 aromatic rings. The lowest BCUT2D eigenvalue weighted by atomic mass is 10.0. The molecule has 29 heavy (non-hydrogen) atoms. The third-order valence-corrected chi connectivity index (χ3v) is 4.20. The van der Waals surface area contributed by atoms with Crippen molar-refractivity contribution in [2.45, 2.75) is 6.92 Å². The van der Waals surface area contributed by atoms with Crippen LogP contribution in [0.3, 0.4) is 0 Å². The number of nitrogens with zero attached hydrogens (tertiary/aromatic N) is 2. The highest BCUT2D eigenvalue weighted by molar-refractivity contribution is 6.09. The average molecular weight is 396 g/mol. The number of methoxy groups -OCH3 is 1. The Hall–Kier alpha value is -3.45. The second-order valence-electron chi connectivity index (χ2n) is 6.34. The number of pyridine rings is 1. The highest BCUT2D eigenvalue weighted by Crippen LogP contribution is 2.30. The number of aryl methyl sites for hydroxylation is 1. The largest absolute Gasteiger partial charge is 0.375 e. The van der Waals surface area contributed by atoms with Gasteiger partial charge in [-0.3, -0.25) is 14.5 Å². The minimum Gasteiger partial charge on any atom is -0.375 e. The Morgan fingerprint density at radius 2 is 1.69 bits per heavy atom. The smallest absolute Gasteiger partial charge is 0.258 e. The van der Waals surface area contributed by atoms with Crippen LogP contribution in [0.5, 0.6) is 0 Å². The summed E-state index contributed by atoms with van der Waals surface area (Å²) in [5.74, 6) is -2.83. The molecule has 0 saturated heterocycles. The second kappa shape index (κ2) is 8.70. The Kier molecular flexibility index (Phi) is 6.09. The molecule has 0 fully saturated rings. The van der Waals surface area contributed by atoms with Gasteiger partial charge in [0.05, 0.1) is 0 Å². The van der Waals surface area contributed by atoms with Gasteiger partial charge in [-0.15, -0.1) is 0 Å². The van der Waals surface area contributed by atoms with Gasteiger partial charge in [0.15, 0.2) is 5.78 Å². The zero-order chi connectivity index (χ0) is 21.0. The van der Waals surface area contributed by atoms with Gasteiger partial charge in [0, 0.05) is 24.4 Å². The molecule has 0 spiro atoms. The predicted octanol–water partition coefficient (Wildman–Crippen LogP) is 4.21. The van der Waals surface area contributed by atoms with E-state index in [0.29, 0.717) is 5.56 Å². The molecule has 0 aliphatic rings. The summed E-state index contributed by atoms with van der Waals surface area (Å²) in [5, 5.41) is 0. The van der Waals surface area contributed by atoms with E-state index in [1.807, 2.05) is 13.0 Å². The van der Waals surface area contributed by atoms with Crippen LogP contribution in [0.1, 0.15) is 21.5 Å². The predicted molar refractivity (Wildman–Crippen MR) is 104 cm³/mol. The Morgan fingerprint density at radius 3 is 2.28 bits per heavy atom. The number of ketones is 1. The number of halogens is 2. The summed E-state index contributed by atoms with van der Waals surface area (Å²) in [5.41, 5.74) is 1.16. The minimum absolute atomic E-state index is 0.0307. The van der Waals surface area contributed by atoms with Crippen LogP contribution in [0.15, 0.2) is 60.8 Å². The van der Waals surface area contributed by atoms with Crippen LogP contribution in [0.4, 0.5) is 20.3 Å². The number of aromatic nitrogens is 1. The lowest BCUT2D eigenvalue weighted by molar-refractivity contribution is -0.121. The first-order chi connectivity index (χ1) is 13.9. The van der Waals surface area contributed by atoms with Crippen molar-refractivity contribution in [2.24, 2.45) is 0 Å². The van der Waals surface area contributed by atoms with E-state index in [2.05, 4.69) is 4.98 Å². The van der Waals surface area contributed by atoms with Gasteiger partial charge in [0.2, 0.25) is 0 Å². The fraction of sp³-hybridized carbons (Fsp3) is 0.136. The van der Waals surface area contributed by atoms with Crippen LogP contribution in [0, 0.1) is 18.6 Å². The first-order valence-electron chi connectivity index (χ1n) is 8.75. The van der Waals surface area contributed by atoms with E-state index in [-0.39, 0.29) is 17.2 Å². The number of carbonyl (C=O) groups excluding carboxylic acids is 2. The monoisotopic (exact) mass is 396 g/mol. The molecular formula is C22H18F2N2O3. The number of benzene rings is 2. The SMILES string of the molecule is COCC(=O)N(c1ccc(C(=O)c2cccc(C)c2)cn1)c1c(F)cccc1F. The molecule has 0 radical (unpaired) electrons. The van der Waals surface area contributed by atoms with Crippen molar-refractivity contribution in [2.75, 3.05) is 18.6 Å². The number of amides is 1. The van der Waals surface area contributed by atoms with Crippen molar-refractivity contribution in [3.05, 3.63) is 89.1 Å². The number of hydrogen-bond acceptors (Lipinski definition) is 4. The number of hydrogen-bond donors (Lipinski definition) is 0. The maximum atomic E-state index is 14.3. The fourth-order valence-corrected chi connectivity index (χ4v) is 2.86. The van der Waals surface area contributed by atoms with E-state index in [1.54, 1.807) is 18.2 Å². The molecule has 0 atom stereocenters. The molecule has 1 amide bonds. The zero-order valence-electron chi connectivity index (χ0n) is 15.9. The first-order valence-corrected chi connectivity index (χ1v) is 8.75. The molecule has 3 rings (SSSR count). The summed E-state index contributed by atoms with van der Waals surface area (Å²) in [6, 6.07) is 13.2. The van der Waals surface area contributed by atoms with Gasteiger partial charge in [0.1, 0.15) is 29.7 Å². The standard InChI is InChI=1S/C22H18F2N2O3/c1-14-5-3-6-15(11-14)22(28)16-9-10-19(25-12-16)26(20(27)13-29-2)21-17(23)7-4-8-18(21)24/h3-12H,13H2,1-2H3. The van der Waals surface area contributed by atoms with Crippen LogP contribution in [0.25, 0.3) is 0 Å². The maximum absolute atomic E-state index is 14.3. The first kappa shape index (κ1) is 20.3. The molecule has 0 saturated carbocycles. The van der Waals surface area contributed by atoms with Gasteiger partial charge < -0.3 is 4.74 Å². The van der Waals surface area contributed by atoms with Crippen molar-refractivity contribution >= 4 is 23.2 Å². The molecule has 0 unspecified atom stereocenters. The molecular weight excluding hydrogens is 378 g/mol. The summed E-state index contributed by atoms with van der Waals surface area (Å²) in [6.07, 6.45) is 1.27. The van der Waals surface area contributed by atoms with E-state index < -0.39 is 29.8 Å². The van der Waals surface area contributed by atoms with Crippen LogP contribution in [-0.4, -0.2) is 30.4 Å². The Labute approximate surface area is 166 Å². The van der Waals surface area contributed by atoms with Gasteiger partial charge in [-0.2, -0.15) is 0 Å². The van der Waals surface area contributed by atoms with Gasteiger partial charge in [0.25, 0.3) is 5.91 Å². The number of anilines is 2. The lowest BCUT2D eigenvalue weighted by Gasteiger charge is -2.22. The fourth-order valence-electron chi connectivity index (χ4n) is 2.86. The summed E-state index contributed by atoms with van der Waals surface area (Å²) in [4.78, 5) is 30.0. The third kappa shape index (κ3) is 4.35. The van der Waals surface area contributed by atoms with E-state index in [1.165, 1.54) is 31.5 Å². The van der Waals surface area contributed by atoms with Crippen LogP contribution >= 0.6 is 0 Å². The molecule has 7 heteroatoms. The number of carbonyl (C=O) groups is 2. The average Bonchev–Trinajstić information content (AvgIpc) is 2.70. The molecule has 148 valence electrons. The summed E-state index contributed by atoms with van der Waals surface area (Å²) >= 11 is 0. The lowest BCUT2D eigenvalue weighted by Crippen LogP contribution is -2.31. The molecule has 5 nitrogen and oxygen atoms in total. The number of ether oxygens (including phenoxy) is 1. The van der Waals surface area contributed by atoms with Gasteiger partial charge in [-0.1, -0.05) is 29.8 Å². The summed E-state index contributed by atoms with van der Waals surface area (Å²) in [7, 11) is 1.30. The van der Waals surface area contributed by atoms with Gasteiger partial charge in [-0.25, -0.2) is 13.8 Å². The minimum atomic E-state index is -0.920. The van der Waals surface area contributed by atoms with Crippen molar-refractivity contribution in [3.63, 3.8) is 0 Å². The molecule has 2 aromatic carbocycles. The summed E-state index contributed by atoms with van der Waals surface area (Å²) < 4.78 is 33.4. The van der Waals surface area contributed by atoms with Gasteiger partial charge in [-0.05, 0) is 37.3 Å². The Balaban J connectivity index is 1.99. The van der Waals surface area contributed by atoms with Crippen LogP contribution < -0.4 is 4.90 Å². The third-order valence-electron chi connectivity index (χ3n) is 4.20. The number of rotatable bonds is 6. The highest BCUT2D eigenvalue weighted by atomic mass is 19.1. The Bertz CT molecular complexity index is 1030. The molecule has 1 aromatic heterocycles. The molecule has 1 heterocycles. The van der Waals surface area contributed by atoms with Crippen molar-refractivity contribution in [1.82, 2.24) is 4.98 Å². The maximum Gasteiger partial charge on any atom is 0.258 e. The van der Waals surface area contributed by atoms with E-state index >= 15 is 0 Å². The van der Waals surface area contributed by atoms with Crippen LogP contribution in [-0.2, 0) is 9.53 Å². The van der Waals surface area contributed by atoms with Crippen molar-refractivity contribution in [3.8, 4) is 0 Å². The molecule has 0 aliphatic heterocycles.